The van der Waals surface area contributed by atoms with Crippen molar-refractivity contribution in [2.45, 2.75) is 0 Å². The van der Waals surface area contributed by atoms with Crippen LogP contribution in [0.5, 0.6) is 0 Å². The van der Waals surface area contributed by atoms with Gasteiger partial charge in [0.15, 0.2) is 0 Å². The molecule has 2 atom stereocenters. The van der Waals surface area contributed by atoms with E-state index in [-0.39, 0.29) is 0 Å². The minimum absolute atomic E-state index is 1.01. The van der Waals surface area contributed by atoms with E-state index in [9.17, 15) is 0 Å². The molecular formula is C7H10P2. The molecular weight excluding hydrogens is 146 g/mol. The van der Waals surface area contributed by atoms with Gasteiger partial charge in [0.05, 0.1) is 0 Å². The van der Waals surface area contributed by atoms with Crippen LogP contribution in [0.25, 0.3) is 0 Å². The Morgan fingerprint density at radius 1 is 1.11 bits per heavy atom. The van der Waals surface area contributed by atoms with Gasteiger partial charge in [-0.1, -0.05) is 46.9 Å². The molecule has 0 aliphatic heterocycles. The minimum Gasteiger partial charge on any atom is -0.0978 e. The second-order valence-electron chi connectivity index (χ2n) is 1.74. The van der Waals surface area contributed by atoms with Gasteiger partial charge in [0.25, 0.3) is 0 Å². The topological polar surface area (TPSA) is 0 Å². The monoisotopic (exact) mass is 156 g/mol. The van der Waals surface area contributed by atoms with Gasteiger partial charge in [-0.15, -0.1) is 0 Å². The van der Waals surface area contributed by atoms with Gasteiger partial charge >= 0.3 is 0 Å². The maximum atomic E-state index is 2.24. The van der Waals surface area contributed by atoms with Crippen LogP contribution in [0.1, 0.15) is 0 Å². The molecule has 2 unspecified atom stereocenters. The largest absolute Gasteiger partial charge is 0.0978 e. The fourth-order valence-corrected chi connectivity index (χ4v) is 2.68. The number of benzene rings is 1. The van der Waals surface area contributed by atoms with E-state index in [1.54, 1.807) is 0 Å². The SMILES string of the molecule is CPPc1ccccc1. The maximum absolute atomic E-state index is 2.24. The van der Waals surface area contributed by atoms with Crippen LogP contribution in [-0.2, 0) is 0 Å². The molecule has 0 aliphatic rings. The molecule has 9 heavy (non-hydrogen) atoms. The standard InChI is InChI=1S/C7H10P2/c1-8-9-7-5-3-2-4-6-7/h2-6,8-9H,1H3. The van der Waals surface area contributed by atoms with E-state index < -0.39 is 0 Å². The normalized spacial score (nSPS) is 12.1. The summed E-state index contributed by atoms with van der Waals surface area (Å²) in [5, 5.41) is 1.48. The minimum atomic E-state index is 1.01. The van der Waals surface area contributed by atoms with Crippen molar-refractivity contribution in [3.8, 4) is 0 Å². The molecule has 1 rings (SSSR count). The number of hydrogen-bond donors (Lipinski definition) is 0. The van der Waals surface area contributed by atoms with Crippen molar-refractivity contribution >= 4 is 21.8 Å². The molecule has 0 aromatic heterocycles. The zero-order valence-electron chi connectivity index (χ0n) is 5.39. The van der Waals surface area contributed by atoms with Gasteiger partial charge in [-0.3, -0.25) is 0 Å². The van der Waals surface area contributed by atoms with E-state index in [0.29, 0.717) is 0 Å². The van der Waals surface area contributed by atoms with Crippen molar-refractivity contribution in [2.75, 3.05) is 6.66 Å². The Hall–Kier alpha value is 0.0800. The summed E-state index contributed by atoms with van der Waals surface area (Å²) in [6.07, 6.45) is 0. The zero-order valence-corrected chi connectivity index (χ0v) is 7.39. The second kappa shape index (κ2) is 3.99. The Morgan fingerprint density at radius 2 is 1.78 bits per heavy atom. The molecule has 1 aromatic carbocycles. The highest BCUT2D eigenvalue weighted by Crippen LogP contribution is 2.31. The van der Waals surface area contributed by atoms with E-state index in [1.165, 1.54) is 5.30 Å². The van der Waals surface area contributed by atoms with Gasteiger partial charge < -0.3 is 0 Å². The van der Waals surface area contributed by atoms with E-state index in [4.69, 9.17) is 0 Å². The lowest BCUT2D eigenvalue weighted by molar-refractivity contribution is 1.78. The van der Waals surface area contributed by atoms with Crippen LogP contribution < -0.4 is 5.30 Å². The molecule has 0 heterocycles. The summed E-state index contributed by atoms with van der Waals surface area (Å²) in [4.78, 5) is 0. The quantitative estimate of drug-likeness (QED) is 0.576. The molecule has 0 saturated heterocycles. The molecule has 0 nitrogen and oxygen atoms in total. The van der Waals surface area contributed by atoms with Gasteiger partial charge in [0.1, 0.15) is 0 Å². The van der Waals surface area contributed by atoms with Crippen LogP contribution in [0.15, 0.2) is 30.3 Å². The molecule has 0 spiro atoms. The molecule has 0 amide bonds. The summed E-state index contributed by atoms with van der Waals surface area (Å²) in [5.74, 6) is 0. The third-order valence-electron chi connectivity index (χ3n) is 1.04. The molecule has 0 saturated carbocycles. The average Bonchev–Trinajstić information content (AvgIpc) is 1.91. The van der Waals surface area contributed by atoms with Gasteiger partial charge in [-0.05, 0) is 12.0 Å². The Balaban J connectivity index is 2.61. The van der Waals surface area contributed by atoms with Crippen LogP contribution in [0.2, 0.25) is 0 Å². The number of hydrogen-bond acceptors (Lipinski definition) is 0. The lowest BCUT2D eigenvalue weighted by Crippen LogP contribution is -1.86. The van der Waals surface area contributed by atoms with Crippen molar-refractivity contribution in [1.82, 2.24) is 0 Å². The molecule has 2 heteroatoms. The van der Waals surface area contributed by atoms with Crippen molar-refractivity contribution < 1.29 is 0 Å². The Morgan fingerprint density at radius 3 is 2.33 bits per heavy atom. The smallest absolute Gasteiger partial charge is 0.0230 e. The van der Waals surface area contributed by atoms with Crippen LogP contribution >= 0.6 is 16.5 Å². The van der Waals surface area contributed by atoms with Crippen LogP contribution in [0.3, 0.4) is 0 Å². The first-order valence-corrected chi connectivity index (χ1v) is 6.41. The van der Waals surface area contributed by atoms with Crippen molar-refractivity contribution in [3.05, 3.63) is 30.3 Å². The summed E-state index contributed by atoms with van der Waals surface area (Å²) in [5.41, 5.74) is 0. The lowest BCUT2D eigenvalue weighted by Gasteiger charge is -1.94. The third-order valence-corrected chi connectivity index (χ3v) is 3.53. The van der Waals surface area contributed by atoms with Gasteiger partial charge in [-0.2, -0.15) is 0 Å². The highest BCUT2D eigenvalue weighted by Gasteiger charge is 1.84. The Bertz CT molecular complexity index is 160. The molecule has 0 aliphatic carbocycles. The van der Waals surface area contributed by atoms with E-state index in [1.807, 2.05) is 0 Å². The first-order valence-electron chi connectivity index (χ1n) is 2.91. The molecule has 0 radical (unpaired) electrons. The predicted octanol–water partition coefficient (Wildman–Crippen LogP) is 2.21. The van der Waals surface area contributed by atoms with Crippen LogP contribution in [0.4, 0.5) is 0 Å². The van der Waals surface area contributed by atoms with Gasteiger partial charge in [-0.25, -0.2) is 0 Å². The molecule has 48 valence electrons. The first kappa shape index (κ1) is 7.19. The fourth-order valence-electron chi connectivity index (χ4n) is 0.666. The summed E-state index contributed by atoms with van der Waals surface area (Å²) in [6, 6.07) is 10.6. The van der Waals surface area contributed by atoms with Gasteiger partial charge in [0, 0.05) is 0 Å². The fraction of sp³-hybridized carbons (Fsp3) is 0.143. The predicted molar refractivity (Wildman–Crippen MR) is 48.6 cm³/mol. The van der Waals surface area contributed by atoms with Gasteiger partial charge in [0.2, 0.25) is 0 Å². The molecule has 1 aromatic rings. The first-order chi connectivity index (χ1) is 4.43. The van der Waals surface area contributed by atoms with E-state index in [0.717, 1.165) is 16.5 Å². The molecule has 0 fully saturated rings. The third kappa shape index (κ3) is 2.43. The molecule has 0 N–H and O–H groups in total. The highest BCUT2D eigenvalue weighted by molar-refractivity contribution is 8.15. The second-order valence-corrected chi connectivity index (χ2v) is 5.32. The zero-order chi connectivity index (χ0) is 6.53. The Labute approximate surface area is 59.5 Å². The summed E-state index contributed by atoms with van der Waals surface area (Å²) < 4.78 is 0. The summed E-state index contributed by atoms with van der Waals surface area (Å²) in [6.45, 7) is 2.24. The van der Waals surface area contributed by atoms with Crippen LogP contribution in [-0.4, -0.2) is 6.66 Å². The van der Waals surface area contributed by atoms with E-state index in [2.05, 4.69) is 37.0 Å². The summed E-state index contributed by atoms with van der Waals surface area (Å²) in [7, 11) is 2.08. The number of rotatable bonds is 2. The van der Waals surface area contributed by atoms with Crippen molar-refractivity contribution in [3.63, 3.8) is 0 Å². The van der Waals surface area contributed by atoms with E-state index >= 15 is 0 Å². The van der Waals surface area contributed by atoms with Crippen molar-refractivity contribution in [2.24, 2.45) is 0 Å². The maximum Gasteiger partial charge on any atom is -0.0230 e. The van der Waals surface area contributed by atoms with Crippen LogP contribution in [0, 0.1) is 0 Å². The summed E-state index contributed by atoms with van der Waals surface area (Å²) >= 11 is 0. The molecule has 0 bridgehead atoms. The van der Waals surface area contributed by atoms with Crippen molar-refractivity contribution in [1.29, 1.82) is 0 Å². The average molecular weight is 156 g/mol. The highest BCUT2D eigenvalue weighted by atomic mass is 32.0. The Kier molecular flexibility index (Phi) is 3.18. The lowest BCUT2D eigenvalue weighted by atomic mass is 10.4.